The molecule has 0 aliphatic carbocycles. The molecule has 3 rings (SSSR count). The van der Waals surface area contributed by atoms with E-state index in [1.807, 2.05) is 18.2 Å². The van der Waals surface area contributed by atoms with E-state index in [2.05, 4.69) is 29.2 Å². The van der Waals surface area contributed by atoms with Crippen LogP contribution in [0.15, 0.2) is 66.1 Å². The fourth-order valence-corrected chi connectivity index (χ4v) is 4.28. The van der Waals surface area contributed by atoms with Crippen LogP contribution in [0, 0.1) is 3.57 Å². The Morgan fingerprint density at radius 1 is 1.26 bits per heavy atom. The SMILES string of the molecule is C=CCN1C(=O)C(=Cc2cccc(OC(=O)c3ccccc3I)c2)SC1=S. The van der Waals surface area contributed by atoms with Gasteiger partial charge in [-0.3, -0.25) is 9.69 Å². The molecule has 136 valence electrons. The van der Waals surface area contributed by atoms with Crippen LogP contribution in [-0.4, -0.2) is 27.6 Å². The quantitative estimate of drug-likeness (QED) is 0.144. The van der Waals surface area contributed by atoms with Crippen molar-refractivity contribution in [2.75, 3.05) is 6.54 Å². The Bertz CT molecular complexity index is 971. The number of esters is 1. The van der Waals surface area contributed by atoms with Gasteiger partial charge in [0.15, 0.2) is 0 Å². The number of hydrogen-bond donors (Lipinski definition) is 0. The van der Waals surface area contributed by atoms with Crippen LogP contribution >= 0.6 is 46.6 Å². The van der Waals surface area contributed by atoms with Crippen molar-refractivity contribution in [1.82, 2.24) is 4.90 Å². The number of carbonyl (C=O) groups excluding carboxylic acids is 2. The molecule has 0 bridgehead atoms. The van der Waals surface area contributed by atoms with Crippen molar-refractivity contribution in [3.8, 4) is 5.75 Å². The van der Waals surface area contributed by atoms with Crippen molar-refractivity contribution in [3.05, 3.63) is 80.8 Å². The van der Waals surface area contributed by atoms with Gasteiger partial charge in [0.25, 0.3) is 5.91 Å². The summed E-state index contributed by atoms with van der Waals surface area (Å²) in [7, 11) is 0. The van der Waals surface area contributed by atoms with E-state index in [9.17, 15) is 9.59 Å². The number of benzene rings is 2. The summed E-state index contributed by atoms with van der Waals surface area (Å²) in [4.78, 5) is 26.8. The van der Waals surface area contributed by atoms with E-state index in [-0.39, 0.29) is 5.91 Å². The van der Waals surface area contributed by atoms with E-state index in [0.29, 0.717) is 27.1 Å². The predicted molar refractivity (Wildman–Crippen MR) is 121 cm³/mol. The second-order valence-electron chi connectivity index (χ2n) is 5.52. The van der Waals surface area contributed by atoms with Crippen molar-refractivity contribution >= 4 is 68.8 Å². The minimum Gasteiger partial charge on any atom is -0.423 e. The molecule has 1 fully saturated rings. The summed E-state index contributed by atoms with van der Waals surface area (Å²) in [5.41, 5.74) is 1.26. The molecule has 2 aromatic rings. The number of rotatable bonds is 5. The molecule has 0 unspecified atom stereocenters. The average molecular weight is 507 g/mol. The summed E-state index contributed by atoms with van der Waals surface area (Å²) in [6.45, 7) is 4.03. The van der Waals surface area contributed by atoms with Crippen LogP contribution in [-0.2, 0) is 4.79 Å². The molecule has 0 saturated carbocycles. The highest BCUT2D eigenvalue weighted by Gasteiger charge is 2.30. The fraction of sp³-hybridized carbons (Fsp3) is 0.0500. The summed E-state index contributed by atoms with van der Waals surface area (Å²) < 4.78 is 6.81. The number of carbonyl (C=O) groups is 2. The first-order chi connectivity index (χ1) is 13.0. The second kappa shape index (κ2) is 8.81. The van der Waals surface area contributed by atoms with Gasteiger partial charge in [-0.25, -0.2) is 4.79 Å². The minimum atomic E-state index is -0.422. The third-order valence-electron chi connectivity index (χ3n) is 3.65. The smallest absolute Gasteiger partial charge is 0.344 e. The Morgan fingerprint density at radius 3 is 2.78 bits per heavy atom. The van der Waals surface area contributed by atoms with E-state index in [0.717, 1.165) is 9.13 Å². The lowest BCUT2D eigenvalue weighted by Crippen LogP contribution is -2.27. The van der Waals surface area contributed by atoms with Gasteiger partial charge in [-0.15, -0.1) is 6.58 Å². The van der Waals surface area contributed by atoms with Crippen molar-refractivity contribution in [3.63, 3.8) is 0 Å². The van der Waals surface area contributed by atoms with Gasteiger partial charge in [0, 0.05) is 10.1 Å². The van der Waals surface area contributed by atoms with Crippen LogP contribution in [0.1, 0.15) is 15.9 Å². The summed E-state index contributed by atoms with van der Waals surface area (Å²) in [6, 6.07) is 14.3. The van der Waals surface area contributed by atoms with Gasteiger partial charge in [0.05, 0.1) is 10.5 Å². The molecule has 7 heteroatoms. The van der Waals surface area contributed by atoms with Crippen LogP contribution < -0.4 is 4.74 Å². The maximum atomic E-state index is 12.4. The zero-order valence-corrected chi connectivity index (χ0v) is 17.8. The standard InChI is InChI=1S/C20H14INO3S2/c1-2-10-22-18(23)17(27-20(22)26)12-13-6-5-7-14(11-13)25-19(24)15-8-3-4-9-16(15)21/h2-9,11-12H,1,10H2. The zero-order valence-electron chi connectivity index (χ0n) is 14.1. The molecule has 1 saturated heterocycles. The maximum Gasteiger partial charge on any atom is 0.344 e. The second-order valence-corrected chi connectivity index (χ2v) is 8.36. The van der Waals surface area contributed by atoms with E-state index in [1.54, 1.807) is 42.5 Å². The lowest BCUT2D eigenvalue weighted by atomic mass is 10.2. The molecule has 0 atom stereocenters. The maximum absolute atomic E-state index is 12.4. The molecule has 0 aromatic heterocycles. The van der Waals surface area contributed by atoms with Gasteiger partial charge in [-0.05, 0) is 58.5 Å². The molecule has 1 aliphatic rings. The molecule has 4 nitrogen and oxygen atoms in total. The Morgan fingerprint density at radius 2 is 2.04 bits per heavy atom. The third kappa shape index (κ3) is 4.66. The first-order valence-electron chi connectivity index (χ1n) is 7.92. The Balaban J connectivity index is 1.79. The Kier molecular flexibility index (Phi) is 6.46. The summed E-state index contributed by atoms with van der Waals surface area (Å²) >= 11 is 8.58. The van der Waals surface area contributed by atoms with Crippen molar-refractivity contribution < 1.29 is 14.3 Å². The number of thioether (sulfide) groups is 1. The van der Waals surface area contributed by atoms with E-state index < -0.39 is 5.97 Å². The van der Waals surface area contributed by atoms with Crippen molar-refractivity contribution in [1.29, 1.82) is 0 Å². The largest absolute Gasteiger partial charge is 0.423 e. The topological polar surface area (TPSA) is 46.6 Å². The van der Waals surface area contributed by atoms with Gasteiger partial charge in [0.2, 0.25) is 0 Å². The van der Waals surface area contributed by atoms with Crippen molar-refractivity contribution in [2.45, 2.75) is 0 Å². The van der Waals surface area contributed by atoms with Crippen LogP contribution in [0.4, 0.5) is 0 Å². The summed E-state index contributed by atoms with van der Waals surface area (Å²) in [5.74, 6) is -0.157. The highest BCUT2D eigenvalue weighted by molar-refractivity contribution is 14.1. The molecule has 0 spiro atoms. The van der Waals surface area contributed by atoms with E-state index in [4.69, 9.17) is 17.0 Å². The number of thiocarbonyl (C=S) groups is 1. The van der Waals surface area contributed by atoms with Gasteiger partial charge in [-0.2, -0.15) is 0 Å². The summed E-state index contributed by atoms with van der Waals surface area (Å²) in [5, 5.41) is 0. The van der Waals surface area contributed by atoms with E-state index >= 15 is 0 Å². The summed E-state index contributed by atoms with van der Waals surface area (Å²) in [6.07, 6.45) is 3.38. The number of nitrogens with zero attached hydrogens (tertiary/aromatic N) is 1. The third-order valence-corrected chi connectivity index (χ3v) is 5.96. The molecule has 0 radical (unpaired) electrons. The molecule has 1 heterocycles. The van der Waals surface area contributed by atoms with Crippen molar-refractivity contribution in [2.24, 2.45) is 0 Å². The lowest BCUT2D eigenvalue weighted by molar-refractivity contribution is -0.121. The minimum absolute atomic E-state index is 0.147. The highest BCUT2D eigenvalue weighted by Crippen LogP contribution is 2.32. The predicted octanol–water partition coefficient (Wildman–Crippen LogP) is 4.90. The first-order valence-corrected chi connectivity index (χ1v) is 10.2. The fourth-order valence-electron chi connectivity index (χ4n) is 2.39. The molecule has 2 aromatic carbocycles. The molecular weight excluding hydrogens is 493 g/mol. The number of halogens is 1. The van der Waals surface area contributed by atoms with Gasteiger partial charge in [0.1, 0.15) is 10.1 Å². The Labute approximate surface area is 180 Å². The lowest BCUT2D eigenvalue weighted by Gasteiger charge is -2.10. The molecular formula is C20H14INO3S2. The average Bonchev–Trinajstić information content (AvgIpc) is 2.90. The monoisotopic (exact) mass is 507 g/mol. The van der Waals surface area contributed by atoms with Crippen LogP contribution in [0.5, 0.6) is 5.75 Å². The van der Waals surface area contributed by atoms with Gasteiger partial charge >= 0.3 is 5.97 Å². The molecule has 0 N–H and O–H groups in total. The van der Waals surface area contributed by atoms with Crippen LogP contribution in [0.2, 0.25) is 0 Å². The molecule has 1 amide bonds. The Hall–Kier alpha value is -1.97. The normalized spacial score (nSPS) is 15.3. The number of hydrogen-bond acceptors (Lipinski definition) is 5. The number of amides is 1. The number of ether oxygens (including phenoxy) is 1. The van der Waals surface area contributed by atoms with Gasteiger partial charge < -0.3 is 4.74 Å². The van der Waals surface area contributed by atoms with E-state index in [1.165, 1.54) is 16.7 Å². The van der Waals surface area contributed by atoms with Crippen LogP contribution in [0.25, 0.3) is 6.08 Å². The first kappa shape index (κ1) is 19.8. The van der Waals surface area contributed by atoms with Gasteiger partial charge in [-0.1, -0.05) is 54.3 Å². The molecule has 1 aliphatic heterocycles. The zero-order chi connectivity index (χ0) is 19.4. The van der Waals surface area contributed by atoms with Crippen LogP contribution in [0.3, 0.4) is 0 Å². The highest BCUT2D eigenvalue weighted by atomic mass is 127. The molecule has 27 heavy (non-hydrogen) atoms.